The van der Waals surface area contributed by atoms with Crippen LogP contribution in [-0.4, -0.2) is 23.2 Å². The van der Waals surface area contributed by atoms with Crippen LogP contribution in [0.3, 0.4) is 0 Å². The fourth-order valence-electron chi connectivity index (χ4n) is 1.65. The normalized spacial score (nSPS) is 10.3. The maximum Gasteiger partial charge on any atom is 0.224 e. The average molecular weight is 296 g/mol. The lowest BCUT2D eigenvalue weighted by Crippen LogP contribution is -2.13. The largest absolute Gasteiger partial charge is 0.495 e. The predicted octanol–water partition coefficient (Wildman–Crippen LogP) is 2.61. The van der Waals surface area contributed by atoms with Gasteiger partial charge < -0.3 is 14.5 Å². The van der Waals surface area contributed by atoms with Crippen LogP contribution in [0, 0.1) is 6.92 Å². The summed E-state index contributed by atoms with van der Waals surface area (Å²) in [6, 6.07) is 5.02. The Morgan fingerprint density at radius 2 is 2.25 bits per heavy atom. The van der Waals surface area contributed by atoms with Gasteiger partial charge in [-0.25, -0.2) is 0 Å². The zero-order valence-electron chi connectivity index (χ0n) is 11.1. The molecular formula is C13H14ClN3O3. The summed E-state index contributed by atoms with van der Waals surface area (Å²) < 4.78 is 10.4. The average Bonchev–Trinajstić information content (AvgIpc) is 2.83. The van der Waals surface area contributed by atoms with E-state index in [1.165, 1.54) is 7.11 Å². The predicted molar refractivity (Wildman–Crippen MR) is 74.0 cm³/mol. The van der Waals surface area contributed by atoms with Crippen LogP contribution in [0.5, 0.6) is 5.75 Å². The molecule has 1 heterocycles. The minimum absolute atomic E-state index is 0.179. The molecule has 0 spiro atoms. The van der Waals surface area contributed by atoms with Crippen molar-refractivity contribution in [1.82, 2.24) is 10.2 Å². The number of methoxy groups -OCH3 is 1. The van der Waals surface area contributed by atoms with Gasteiger partial charge in [-0.05, 0) is 18.2 Å². The quantitative estimate of drug-likeness (QED) is 0.917. The van der Waals surface area contributed by atoms with Crippen molar-refractivity contribution < 1.29 is 13.9 Å². The van der Waals surface area contributed by atoms with Gasteiger partial charge in [-0.3, -0.25) is 4.79 Å². The van der Waals surface area contributed by atoms with E-state index in [-0.39, 0.29) is 12.3 Å². The molecule has 1 aromatic carbocycles. The number of hydrogen-bond acceptors (Lipinski definition) is 5. The van der Waals surface area contributed by atoms with Gasteiger partial charge in [0.25, 0.3) is 0 Å². The van der Waals surface area contributed by atoms with Gasteiger partial charge in [0.15, 0.2) is 0 Å². The van der Waals surface area contributed by atoms with E-state index >= 15 is 0 Å². The van der Waals surface area contributed by atoms with Crippen molar-refractivity contribution in [3.63, 3.8) is 0 Å². The highest BCUT2D eigenvalue weighted by Crippen LogP contribution is 2.27. The Hall–Kier alpha value is -2.08. The summed E-state index contributed by atoms with van der Waals surface area (Å²) in [5, 5.41) is 10.8. The third kappa shape index (κ3) is 3.71. The molecule has 1 aromatic heterocycles. The molecule has 1 amide bonds. The first-order chi connectivity index (χ1) is 9.58. The van der Waals surface area contributed by atoms with E-state index in [9.17, 15) is 4.79 Å². The number of halogens is 1. The van der Waals surface area contributed by atoms with Crippen molar-refractivity contribution in [2.24, 2.45) is 0 Å². The van der Waals surface area contributed by atoms with Gasteiger partial charge in [0, 0.05) is 24.8 Å². The van der Waals surface area contributed by atoms with E-state index in [2.05, 4.69) is 15.5 Å². The lowest BCUT2D eigenvalue weighted by atomic mass is 10.2. The highest BCUT2D eigenvalue weighted by Gasteiger charge is 2.10. The lowest BCUT2D eigenvalue weighted by Gasteiger charge is -2.10. The Morgan fingerprint density at radius 3 is 2.90 bits per heavy atom. The maximum atomic E-state index is 11.9. The van der Waals surface area contributed by atoms with E-state index in [1.54, 1.807) is 25.1 Å². The van der Waals surface area contributed by atoms with Gasteiger partial charge in [0.1, 0.15) is 5.75 Å². The zero-order chi connectivity index (χ0) is 14.5. The Labute approximate surface area is 121 Å². The summed E-state index contributed by atoms with van der Waals surface area (Å²) in [6.45, 7) is 1.70. The van der Waals surface area contributed by atoms with Gasteiger partial charge in [-0.2, -0.15) is 0 Å². The van der Waals surface area contributed by atoms with Gasteiger partial charge in [-0.1, -0.05) is 11.6 Å². The SMILES string of the molecule is COc1ccc(Cl)cc1NC(=O)CCc1nnc(C)o1. The molecule has 0 aliphatic rings. The summed E-state index contributed by atoms with van der Waals surface area (Å²) in [5.41, 5.74) is 0.534. The molecule has 0 radical (unpaired) electrons. The summed E-state index contributed by atoms with van der Waals surface area (Å²) in [5.74, 6) is 1.30. The van der Waals surface area contributed by atoms with Crippen LogP contribution in [0.15, 0.2) is 22.6 Å². The number of carbonyl (C=O) groups excluding carboxylic acids is 1. The summed E-state index contributed by atoms with van der Waals surface area (Å²) in [4.78, 5) is 11.9. The third-order valence-electron chi connectivity index (χ3n) is 2.57. The van der Waals surface area contributed by atoms with Crippen LogP contribution in [-0.2, 0) is 11.2 Å². The van der Waals surface area contributed by atoms with Crippen molar-refractivity contribution in [2.45, 2.75) is 19.8 Å². The van der Waals surface area contributed by atoms with Crippen molar-refractivity contribution in [1.29, 1.82) is 0 Å². The minimum Gasteiger partial charge on any atom is -0.495 e. The fraction of sp³-hybridized carbons (Fsp3) is 0.308. The molecule has 0 atom stereocenters. The van der Waals surface area contributed by atoms with Crippen molar-refractivity contribution in [3.8, 4) is 5.75 Å². The van der Waals surface area contributed by atoms with E-state index in [4.69, 9.17) is 20.8 Å². The Morgan fingerprint density at radius 1 is 1.45 bits per heavy atom. The summed E-state index contributed by atoms with van der Waals surface area (Å²) in [7, 11) is 1.53. The number of benzene rings is 1. The van der Waals surface area contributed by atoms with Crippen molar-refractivity contribution in [3.05, 3.63) is 35.0 Å². The number of anilines is 1. The van der Waals surface area contributed by atoms with E-state index in [1.807, 2.05) is 0 Å². The molecule has 1 N–H and O–H groups in total. The van der Waals surface area contributed by atoms with Crippen LogP contribution in [0.1, 0.15) is 18.2 Å². The summed E-state index contributed by atoms with van der Waals surface area (Å²) >= 11 is 5.89. The molecule has 0 bridgehead atoms. The second-order valence-corrected chi connectivity index (χ2v) is 4.54. The number of aryl methyl sites for hydroxylation is 2. The number of rotatable bonds is 5. The number of carbonyl (C=O) groups is 1. The van der Waals surface area contributed by atoms with E-state index in [0.29, 0.717) is 34.7 Å². The molecule has 2 aromatic rings. The molecule has 20 heavy (non-hydrogen) atoms. The first-order valence-corrected chi connectivity index (χ1v) is 6.38. The number of nitrogens with one attached hydrogen (secondary N) is 1. The van der Waals surface area contributed by atoms with Crippen LogP contribution < -0.4 is 10.1 Å². The number of nitrogens with zero attached hydrogens (tertiary/aromatic N) is 2. The molecule has 2 rings (SSSR count). The van der Waals surface area contributed by atoms with Gasteiger partial charge in [0.2, 0.25) is 17.7 Å². The smallest absolute Gasteiger partial charge is 0.224 e. The molecule has 0 saturated carbocycles. The molecular weight excluding hydrogens is 282 g/mol. The Kier molecular flexibility index (Phi) is 4.57. The lowest BCUT2D eigenvalue weighted by molar-refractivity contribution is -0.116. The first-order valence-electron chi connectivity index (χ1n) is 6.01. The van der Waals surface area contributed by atoms with Crippen molar-refractivity contribution in [2.75, 3.05) is 12.4 Å². The fourth-order valence-corrected chi connectivity index (χ4v) is 1.82. The van der Waals surface area contributed by atoms with Gasteiger partial charge >= 0.3 is 0 Å². The maximum absolute atomic E-state index is 11.9. The standard InChI is InChI=1S/C13H14ClN3O3/c1-8-16-17-13(20-8)6-5-12(18)15-10-7-9(14)3-4-11(10)19-2/h3-4,7H,5-6H2,1-2H3,(H,15,18). The number of amides is 1. The third-order valence-corrected chi connectivity index (χ3v) is 2.80. The highest BCUT2D eigenvalue weighted by molar-refractivity contribution is 6.31. The molecule has 106 valence electrons. The topological polar surface area (TPSA) is 77.2 Å². The van der Waals surface area contributed by atoms with Crippen LogP contribution in [0.4, 0.5) is 5.69 Å². The number of ether oxygens (including phenoxy) is 1. The molecule has 7 heteroatoms. The van der Waals surface area contributed by atoms with Crippen LogP contribution in [0.2, 0.25) is 5.02 Å². The molecule has 6 nitrogen and oxygen atoms in total. The van der Waals surface area contributed by atoms with Crippen LogP contribution >= 0.6 is 11.6 Å². The van der Waals surface area contributed by atoms with Crippen LogP contribution in [0.25, 0.3) is 0 Å². The van der Waals surface area contributed by atoms with Crippen molar-refractivity contribution >= 4 is 23.2 Å². The highest BCUT2D eigenvalue weighted by atomic mass is 35.5. The van der Waals surface area contributed by atoms with E-state index in [0.717, 1.165) is 0 Å². The zero-order valence-corrected chi connectivity index (χ0v) is 11.9. The second kappa shape index (κ2) is 6.38. The number of aromatic nitrogens is 2. The molecule has 0 aliphatic heterocycles. The first kappa shape index (κ1) is 14.3. The molecule has 0 unspecified atom stereocenters. The second-order valence-electron chi connectivity index (χ2n) is 4.11. The minimum atomic E-state index is -0.179. The monoisotopic (exact) mass is 295 g/mol. The number of hydrogen-bond donors (Lipinski definition) is 1. The molecule has 0 fully saturated rings. The van der Waals surface area contributed by atoms with Gasteiger partial charge in [0.05, 0.1) is 12.8 Å². The summed E-state index contributed by atoms with van der Waals surface area (Å²) in [6.07, 6.45) is 0.618. The van der Waals surface area contributed by atoms with E-state index < -0.39 is 0 Å². The Balaban J connectivity index is 1.96. The van der Waals surface area contributed by atoms with Gasteiger partial charge in [-0.15, -0.1) is 10.2 Å². The molecule has 0 saturated heterocycles. The Bertz CT molecular complexity index is 613. The molecule has 0 aliphatic carbocycles.